The van der Waals surface area contributed by atoms with Gasteiger partial charge in [-0.25, -0.2) is 0 Å². The predicted octanol–water partition coefficient (Wildman–Crippen LogP) is 4.47. The van der Waals surface area contributed by atoms with Gasteiger partial charge in [-0.2, -0.15) is 0 Å². The zero-order valence-electron chi connectivity index (χ0n) is 11.4. The highest BCUT2D eigenvalue weighted by Gasteiger charge is 2.12. The first-order valence-corrected chi connectivity index (χ1v) is 7.48. The first kappa shape index (κ1) is 14.5. The van der Waals surface area contributed by atoms with Gasteiger partial charge in [-0.3, -0.25) is 4.79 Å². The van der Waals surface area contributed by atoms with Gasteiger partial charge in [-0.1, -0.05) is 58.3 Å². The Balaban J connectivity index is 1.85. The molecule has 1 aliphatic carbocycles. The third-order valence-corrected chi connectivity index (χ3v) is 3.70. The Morgan fingerprint density at radius 1 is 1.12 bits per heavy atom. The molecule has 2 nitrogen and oxygen atoms in total. The Morgan fingerprint density at radius 3 is 2.59 bits per heavy atom. The summed E-state index contributed by atoms with van der Waals surface area (Å²) in [6, 6.07) is 0. The molecule has 0 aromatic rings. The van der Waals surface area contributed by atoms with Crippen LogP contribution >= 0.6 is 0 Å². The molecule has 0 bridgehead atoms. The highest BCUT2D eigenvalue weighted by atomic mass is 16.5. The molecule has 0 saturated heterocycles. The molecule has 0 N–H and O–H groups in total. The van der Waals surface area contributed by atoms with Crippen molar-refractivity contribution in [3.63, 3.8) is 0 Å². The fourth-order valence-electron chi connectivity index (χ4n) is 2.65. The van der Waals surface area contributed by atoms with Crippen molar-refractivity contribution in [2.24, 2.45) is 5.92 Å². The second-order valence-electron chi connectivity index (χ2n) is 5.32. The molecule has 100 valence electrons. The first-order valence-electron chi connectivity index (χ1n) is 7.48. The molecule has 0 heterocycles. The maximum Gasteiger partial charge on any atom is 0.305 e. The van der Waals surface area contributed by atoms with Crippen LogP contribution in [0, 0.1) is 5.92 Å². The molecular formula is C15H28O2. The summed E-state index contributed by atoms with van der Waals surface area (Å²) in [6.45, 7) is 2.63. The Kier molecular flexibility index (Phi) is 8.12. The third-order valence-electron chi connectivity index (χ3n) is 3.70. The lowest BCUT2D eigenvalue weighted by Gasteiger charge is -2.21. The van der Waals surface area contributed by atoms with Gasteiger partial charge in [0.1, 0.15) is 0 Å². The number of unbranched alkanes of at least 4 members (excludes halogenated alkanes) is 2. The van der Waals surface area contributed by atoms with E-state index in [0.29, 0.717) is 13.0 Å². The van der Waals surface area contributed by atoms with Crippen LogP contribution in [0.5, 0.6) is 0 Å². The summed E-state index contributed by atoms with van der Waals surface area (Å²) in [5.74, 6) is 0.964. The average Bonchev–Trinajstić information content (AvgIpc) is 2.35. The quantitative estimate of drug-likeness (QED) is 0.462. The van der Waals surface area contributed by atoms with E-state index in [1.165, 1.54) is 51.4 Å². The van der Waals surface area contributed by atoms with Crippen molar-refractivity contribution in [1.29, 1.82) is 0 Å². The second kappa shape index (κ2) is 9.49. The molecule has 0 atom stereocenters. The van der Waals surface area contributed by atoms with Crippen LogP contribution in [0.2, 0.25) is 0 Å². The number of hydrogen-bond acceptors (Lipinski definition) is 2. The number of carbonyl (C=O) groups excluding carboxylic acids is 1. The molecular weight excluding hydrogens is 212 g/mol. The molecule has 0 spiro atoms. The SMILES string of the molecule is CCCC(=O)OCCCCCC1CCCCC1. The Bertz CT molecular complexity index is 195. The van der Waals surface area contributed by atoms with E-state index in [1.54, 1.807) is 0 Å². The van der Waals surface area contributed by atoms with Crippen LogP contribution in [0.15, 0.2) is 0 Å². The zero-order chi connectivity index (χ0) is 12.3. The van der Waals surface area contributed by atoms with Crippen LogP contribution in [0.4, 0.5) is 0 Å². The minimum absolute atomic E-state index is 0.0280. The molecule has 0 unspecified atom stereocenters. The van der Waals surface area contributed by atoms with E-state index in [2.05, 4.69) is 0 Å². The molecule has 0 aromatic carbocycles. The normalized spacial score (nSPS) is 17.0. The molecule has 1 fully saturated rings. The Hall–Kier alpha value is -0.530. The molecule has 0 aliphatic heterocycles. The first-order chi connectivity index (χ1) is 8.33. The molecule has 1 rings (SSSR count). The van der Waals surface area contributed by atoms with Crippen molar-refractivity contribution in [3.8, 4) is 0 Å². The van der Waals surface area contributed by atoms with Crippen molar-refractivity contribution < 1.29 is 9.53 Å². The minimum atomic E-state index is -0.0280. The standard InChI is InChI=1S/C15H28O2/c1-2-9-15(16)17-13-8-4-7-12-14-10-5-3-6-11-14/h14H,2-13H2,1H3. The average molecular weight is 240 g/mol. The van der Waals surface area contributed by atoms with E-state index in [9.17, 15) is 4.79 Å². The molecule has 0 radical (unpaired) electrons. The summed E-state index contributed by atoms with van der Waals surface area (Å²) in [5, 5.41) is 0. The van der Waals surface area contributed by atoms with Gasteiger partial charge in [-0.05, 0) is 18.8 Å². The van der Waals surface area contributed by atoms with Crippen LogP contribution in [0.1, 0.15) is 77.6 Å². The van der Waals surface area contributed by atoms with Gasteiger partial charge in [0.2, 0.25) is 0 Å². The molecule has 17 heavy (non-hydrogen) atoms. The molecule has 0 amide bonds. The van der Waals surface area contributed by atoms with E-state index in [0.717, 1.165) is 18.8 Å². The lowest BCUT2D eigenvalue weighted by molar-refractivity contribution is -0.143. The van der Waals surface area contributed by atoms with Crippen molar-refractivity contribution in [3.05, 3.63) is 0 Å². The fourth-order valence-corrected chi connectivity index (χ4v) is 2.65. The highest BCUT2D eigenvalue weighted by molar-refractivity contribution is 5.69. The largest absolute Gasteiger partial charge is 0.466 e. The third kappa shape index (κ3) is 7.40. The van der Waals surface area contributed by atoms with E-state index in [1.807, 2.05) is 6.92 Å². The molecule has 0 aromatic heterocycles. The van der Waals surface area contributed by atoms with Gasteiger partial charge < -0.3 is 4.74 Å². The van der Waals surface area contributed by atoms with Gasteiger partial charge in [0, 0.05) is 6.42 Å². The van der Waals surface area contributed by atoms with Crippen LogP contribution in [0.25, 0.3) is 0 Å². The summed E-state index contributed by atoms with van der Waals surface area (Å²) in [5.41, 5.74) is 0. The van der Waals surface area contributed by atoms with Gasteiger partial charge in [-0.15, -0.1) is 0 Å². The van der Waals surface area contributed by atoms with Crippen molar-refractivity contribution >= 4 is 5.97 Å². The summed E-state index contributed by atoms with van der Waals surface area (Å²) < 4.78 is 5.14. The van der Waals surface area contributed by atoms with Crippen molar-refractivity contribution in [2.75, 3.05) is 6.61 Å². The van der Waals surface area contributed by atoms with Gasteiger partial charge in [0.15, 0.2) is 0 Å². The van der Waals surface area contributed by atoms with E-state index >= 15 is 0 Å². The maximum atomic E-state index is 11.1. The molecule has 1 aliphatic rings. The maximum absolute atomic E-state index is 11.1. The van der Waals surface area contributed by atoms with E-state index in [-0.39, 0.29) is 5.97 Å². The molecule has 2 heteroatoms. The van der Waals surface area contributed by atoms with Gasteiger partial charge in [0.25, 0.3) is 0 Å². The van der Waals surface area contributed by atoms with Gasteiger partial charge >= 0.3 is 5.97 Å². The van der Waals surface area contributed by atoms with Crippen molar-refractivity contribution in [1.82, 2.24) is 0 Å². The van der Waals surface area contributed by atoms with Crippen LogP contribution in [0.3, 0.4) is 0 Å². The van der Waals surface area contributed by atoms with E-state index < -0.39 is 0 Å². The smallest absolute Gasteiger partial charge is 0.305 e. The number of rotatable bonds is 8. The van der Waals surface area contributed by atoms with Crippen LogP contribution in [-0.4, -0.2) is 12.6 Å². The van der Waals surface area contributed by atoms with E-state index in [4.69, 9.17) is 4.74 Å². The van der Waals surface area contributed by atoms with Crippen LogP contribution < -0.4 is 0 Å². The summed E-state index contributed by atoms with van der Waals surface area (Å²) in [6.07, 6.45) is 13.7. The number of carbonyl (C=O) groups is 1. The number of hydrogen-bond donors (Lipinski definition) is 0. The summed E-state index contributed by atoms with van der Waals surface area (Å²) >= 11 is 0. The number of ether oxygens (including phenoxy) is 1. The summed E-state index contributed by atoms with van der Waals surface area (Å²) in [4.78, 5) is 11.1. The van der Waals surface area contributed by atoms with Gasteiger partial charge in [0.05, 0.1) is 6.61 Å². The highest BCUT2D eigenvalue weighted by Crippen LogP contribution is 2.27. The summed E-state index contributed by atoms with van der Waals surface area (Å²) in [7, 11) is 0. The lowest BCUT2D eigenvalue weighted by atomic mass is 9.86. The fraction of sp³-hybridized carbons (Fsp3) is 0.933. The predicted molar refractivity (Wildman–Crippen MR) is 70.9 cm³/mol. The molecule has 1 saturated carbocycles. The van der Waals surface area contributed by atoms with Crippen molar-refractivity contribution in [2.45, 2.75) is 77.6 Å². The topological polar surface area (TPSA) is 26.3 Å². The Labute approximate surface area is 106 Å². The van der Waals surface area contributed by atoms with Crippen LogP contribution in [-0.2, 0) is 9.53 Å². The number of esters is 1. The minimum Gasteiger partial charge on any atom is -0.466 e. The second-order valence-corrected chi connectivity index (χ2v) is 5.32. The Morgan fingerprint density at radius 2 is 1.88 bits per heavy atom. The lowest BCUT2D eigenvalue weighted by Crippen LogP contribution is -2.07. The monoisotopic (exact) mass is 240 g/mol. The zero-order valence-corrected chi connectivity index (χ0v) is 11.4.